The van der Waals surface area contributed by atoms with E-state index >= 15 is 0 Å². The Balaban J connectivity index is 1.61. The molecule has 3 heterocycles. The van der Waals surface area contributed by atoms with Crippen LogP contribution >= 0.6 is 15.9 Å². The Bertz CT molecular complexity index is 485. The van der Waals surface area contributed by atoms with Gasteiger partial charge >= 0.3 is 0 Å². The van der Waals surface area contributed by atoms with Gasteiger partial charge in [0.25, 0.3) is 0 Å². The lowest BCUT2D eigenvalue weighted by molar-refractivity contribution is 0.166. The summed E-state index contributed by atoms with van der Waals surface area (Å²) in [5, 5.41) is 8.47. The number of nitrogens with one attached hydrogen (secondary N) is 1. The second-order valence-corrected chi connectivity index (χ2v) is 7.10. The van der Waals surface area contributed by atoms with E-state index in [1.165, 1.54) is 54.6 Å². The summed E-state index contributed by atoms with van der Waals surface area (Å²) in [5.74, 6) is 0. The molecule has 0 aliphatic carbocycles. The summed E-state index contributed by atoms with van der Waals surface area (Å²) in [6.07, 6.45) is 6.38. The molecule has 0 spiro atoms. The second kappa shape index (κ2) is 6.80. The summed E-state index contributed by atoms with van der Waals surface area (Å²) in [6.45, 7) is 8.80. The quantitative estimate of drug-likeness (QED) is 0.882. The van der Waals surface area contributed by atoms with Gasteiger partial charge in [-0.25, -0.2) is 0 Å². The highest BCUT2D eigenvalue weighted by molar-refractivity contribution is 9.10. The molecule has 0 saturated carbocycles. The SMILES string of the molecule is CCc1nn(CC)c(CNC2CCN3CCCC3C2)c1Br. The van der Waals surface area contributed by atoms with E-state index in [0.29, 0.717) is 6.04 Å². The van der Waals surface area contributed by atoms with E-state index in [0.717, 1.165) is 25.6 Å². The maximum atomic E-state index is 4.69. The number of piperidine rings is 1. The van der Waals surface area contributed by atoms with E-state index in [4.69, 9.17) is 0 Å². The van der Waals surface area contributed by atoms with Gasteiger partial charge in [0.15, 0.2) is 0 Å². The van der Waals surface area contributed by atoms with Gasteiger partial charge in [0.05, 0.1) is 15.9 Å². The maximum absolute atomic E-state index is 4.69. The molecule has 21 heavy (non-hydrogen) atoms. The average Bonchev–Trinajstić information content (AvgIpc) is 3.08. The summed E-state index contributed by atoms with van der Waals surface area (Å²) in [5.41, 5.74) is 2.49. The van der Waals surface area contributed by atoms with Crippen molar-refractivity contribution in [2.45, 2.75) is 71.1 Å². The van der Waals surface area contributed by atoms with Crippen LogP contribution in [0.25, 0.3) is 0 Å². The highest BCUT2D eigenvalue weighted by Crippen LogP contribution is 2.28. The van der Waals surface area contributed by atoms with Gasteiger partial charge in [0.1, 0.15) is 0 Å². The van der Waals surface area contributed by atoms with Crippen molar-refractivity contribution < 1.29 is 0 Å². The molecule has 2 saturated heterocycles. The largest absolute Gasteiger partial charge is 0.308 e. The first-order valence-electron chi connectivity index (χ1n) is 8.44. The first-order chi connectivity index (χ1) is 10.2. The minimum absolute atomic E-state index is 0.668. The number of halogens is 1. The van der Waals surface area contributed by atoms with Gasteiger partial charge < -0.3 is 10.2 Å². The van der Waals surface area contributed by atoms with Crippen molar-refractivity contribution in [2.24, 2.45) is 0 Å². The van der Waals surface area contributed by atoms with Gasteiger partial charge in [0.2, 0.25) is 0 Å². The van der Waals surface area contributed by atoms with Crippen LogP contribution in [0.5, 0.6) is 0 Å². The zero-order valence-corrected chi connectivity index (χ0v) is 14.8. The van der Waals surface area contributed by atoms with E-state index in [1.54, 1.807) is 0 Å². The zero-order chi connectivity index (χ0) is 14.8. The van der Waals surface area contributed by atoms with Gasteiger partial charge in [-0.05, 0) is 68.0 Å². The molecule has 3 rings (SSSR count). The molecule has 118 valence electrons. The minimum Gasteiger partial charge on any atom is -0.308 e. The fourth-order valence-corrected chi connectivity index (χ4v) is 4.54. The topological polar surface area (TPSA) is 33.1 Å². The minimum atomic E-state index is 0.668. The Kier molecular flexibility index (Phi) is 5.02. The van der Waals surface area contributed by atoms with E-state index in [1.807, 2.05) is 0 Å². The Morgan fingerprint density at radius 3 is 2.90 bits per heavy atom. The molecular formula is C16H27BrN4. The van der Waals surface area contributed by atoms with Crippen LogP contribution in [0.1, 0.15) is 50.9 Å². The lowest BCUT2D eigenvalue weighted by Crippen LogP contribution is -2.45. The molecule has 1 aromatic heterocycles. The third-order valence-electron chi connectivity index (χ3n) is 5.07. The number of aryl methyl sites for hydroxylation is 2. The molecule has 2 aliphatic rings. The summed E-state index contributed by atoms with van der Waals surface area (Å²) < 4.78 is 3.35. The number of hydrogen-bond donors (Lipinski definition) is 1. The lowest BCUT2D eigenvalue weighted by Gasteiger charge is -2.35. The van der Waals surface area contributed by atoms with Crippen LogP contribution in [0.3, 0.4) is 0 Å². The smallest absolute Gasteiger partial charge is 0.0767 e. The van der Waals surface area contributed by atoms with Crippen LogP contribution < -0.4 is 5.32 Å². The van der Waals surface area contributed by atoms with E-state index < -0.39 is 0 Å². The van der Waals surface area contributed by atoms with E-state index in [9.17, 15) is 0 Å². The number of aromatic nitrogens is 2. The highest BCUT2D eigenvalue weighted by Gasteiger charge is 2.31. The normalized spacial score (nSPS) is 26.2. The molecule has 2 unspecified atom stereocenters. The first-order valence-corrected chi connectivity index (χ1v) is 9.23. The van der Waals surface area contributed by atoms with Gasteiger partial charge in [-0.15, -0.1) is 0 Å². The summed E-state index contributed by atoms with van der Waals surface area (Å²) in [4.78, 5) is 2.68. The Morgan fingerprint density at radius 1 is 1.29 bits per heavy atom. The number of nitrogens with zero attached hydrogens (tertiary/aromatic N) is 3. The third kappa shape index (κ3) is 3.20. The van der Waals surface area contributed by atoms with Crippen molar-refractivity contribution in [3.05, 3.63) is 15.9 Å². The monoisotopic (exact) mass is 354 g/mol. The Morgan fingerprint density at radius 2 is 2.14 bits per heavy atom. The molecule has 0 aromatic carbocycles. The van der Waals surface area contributed by atoms with Crippen molar-refractivity contribution in [3.8, 4) is 0 Å². The third-order valence-corrected chi connectivity index (χ3v) is 5.99. The predicted octanol–water partition coefficient (Wildman–Crippen LogP) is 2.94. The number of rotatable bonds is 5. The first kappa shape index (κ1) is 15.5. The molecule has 2 atom stereocenters. The molecule has 0 amide bonds. The highest BCUT2D eigenvalue weighted by atomic mass is 79.9. The fraction of sp³-hybridized carbons (Fsp3) is 0.812. The Labute approximate surface area is 136 Å². The average molecular weight is 355 g/mol. The molecule has 0 bridgehead atoms. The van der Waals surface area contributed by atoms with Crippen LogP contribution in [0, 0.1) is 0 Å². The van der Waals surface area contributed by atoms with Crippen molar-refractivity contribution in [1.29, 1.82) is 0 Å². The Hall–Kier alpha value is -0.390. The lowest BCUT2D eigenvalue weighted by atomic mass is 9.97. The molecule has 0 radical (unpaired) electrons. The molecule has 1 N–H and O–H groups in total. The second-order valence-electron chi connectivity index (χ2n) is 6.31. The zero-order valence-electron chi connectivity index (χ0n) is 13.2. The predicted molar refractivity (Wildman–Crippen MR) is 89.4 cm³/mol. The summed E-state index contributed by atoms with van der Waals surface area (Å²) in [7, 11) is 0. The van der Waals surface area contributed by atoms with Crippen molar-refractivity contribution in [1.82, 2.24) is 20.0 Å². The van der Waals surface area contributed by atoms with E-state index in [-0.39, 0.29) is 0 Å². The number of fused-ring (bicyclic) bond motifs is 1. The van der Waals surface area contributed by atoms with Crippen molar-refractivity contribution >= 4 is 15.9 Å². The number of hydrogen-bond acceptors (Lipinski definition) is 3. The standard InChI is InChI=1S/C16H27BrN4/c1-3-14-16(17)15(21(4-2)19-14)11-18-12-7-9-20-8-5-6-13(20)10-12/h12-13,18H,3-11H2,1-2H3. The molecular weight excluding hydrogens is 328 g/mol. The van der Waals surface area contributed by atoms with Crippen LogP contribution in [-0.2, 0) is 19.5 Å². The van der Waals surface area contributed by atoms with Crippen molar-refractivity contribution in [2.75, 3.05) is 13.1 Å². The maximum Gasteiger partial charge on any atom is 0.0767 e. The summed E-state index contributed by atoms with van der Waals surface area (Å²) in [6, 6.07) is 1.50. The molecule has 4 nitrogen and oxygen atoms in total. The van der Waals surface area contributed by atoms with Crippen molar-refractivity contribution in [3.63, 3.8) is 0 Å². The van der Waals surface area contributed by atoms with Gasteiger partial charge in [-0.2, -0.15) is 5.10 Å². The molecule has 2 fully saturated rings. The van der Waals surface area contributed by atoms with Crippen LogP contribution in [0.15, 0.2) is 4.47 Å². The van der Waals surface area contributed by atoms with Crippen LogP contribution in [0.4, 0.5) is 0 Å². The summed E-state index contributed by atoms with van der Waals surface area (Å²) >= 11 is 3.74. The van der Waals surface area contributed by atoms with Crippen LogP contribution in [-0.4, -0.2) is 39.9 Å². The van der Waals surface area contributed by atoms with E-state index in [2.05, 4.69) is 49.8 Å². The molecule has 5 heteroatoms. The molecule has 2 aliphatic heterocycles. The van der Waals surface area contributed by atoms with Gasteiger partial charge in [-0.3, -0.25) is 4.68 Å². The van der Waals surface area contributed by atoms with Gasteiger partial charge in [0, 0.05) is 25.2 Å². The van der Waals surface area contributed by atoms with Crippen LogP contribution in [0.2, 0.25) is 0 Å². The molecule has 1 aromatic rings. The van der Waals surface area contributed by atoms with Gasteiger partial charge in [-0.1, -0.05) is 6.92 Å². The fourth-order valence-electron chi connectivity index (χ4n) is 3.84.